The molecule has 110 valence electrons. The van der Waals surface area contributed by atoms with Gasteiger partial charge in [-0.15, -0.1) is 0 Å². The summed E-state index contributed by atoms with van der Waals surface area (Å²) in [6.45, 7) is 0. The van der Waals surface area contributed by atoms with Crippen molar-refractivity contribution in [3.05, 3.63) is 70.3 Å². The molecule has 0 spiro atoms. The van der Waals surface area contributed by atoms with Crippen molar-refractivity contribution in [3.8, 4) is 0 Å². The number of hydrogen-bond acceptors (Lipinski definition) is 4. The van der Waals surface area contributed by atoms with Crippen LogP contribution in [0, 0.1) is 0 Å². The second kappa shape index (κ2) is 6.77. The highest BCUT2D eigenvalue weighted by atomic mass is 79.9. The van der Waals surface area contributed by atoms with Crippen LogP contribution in [0.15, 0.2) is 65.3 Å². The fourth-order valence-electron chi connectivity index (χ4n) is 1.83. The molecule has 0 radical (unpaired) electrons. The Bertz CT molecular complexity index is 697. The summed E-state index contributed by atoms with van der Waals surface area (Å²) in [7, 11) is 0. The molecule has 6 heteroatoms. The predicted octanol–water partition coefficient (Wildman–Crippen LogP) is 5.38. The van der Waals surface area contributed by atoms with Gasteiger partial charge in [-0.1, -0.05) is 27.5 Å². The smallest absolute Gasteiger partial charge is 0.229 e. The molecular weight excluding hydrogens is 364 g/mol. The van der Waals surface area contributed by atoms with Crippen LogP contribution in [0.2, 0.25) is 5.02 Å². The van der Waals surface area contributed by atoms with Crippen LogP contribution in [-0.4, -0.2) is 9.97 Å². The van der Waals surface area contributed by atoms with Gasteiger partial charge in [0.25, 0.3) is 0 Å². The van der Waals surface area contributed by atoms with Crippen LogP contribution in [0.25, 0.3) is 0 Å². The van der Waals surface area contributed by atoms with Crippen molar-refractivity contribution < 1.29 is 0 Å². The molecule has 0 bridgehead atoms. The summed E-state index contributed by atoms with van der Waals surface area (Å²) in [5.41, 5.74) is 1.84. The molecule has 0 saturated carbocycles. The number of halogens is 2. The molecule has 22 heavy (non-hydrogen) atoms. The molecule has 0 amide bonds. The number of hydrogen-bond donors (Lipinski definition) is 2. The van der Waals surface area contributed by atoms with Crippen molar-refractivity contribution in [1.82, 2.24) is 9.97 Å². The van der Waals surface area contributed by atoms with Crippen molar-refractivity contribution >= 4 is 50.7 Å². The highest BCUT2D eigenvalue weighted by Crippen LogP contribution is 2.20. The van der Waals surface area contributed by atoms with Gasteiger partial charge in [-0.25, -0.2) is 4.98 Å². The maximum absolute atomic E-state index is 5.87. The van der Waals surface area contributed by atoms with Crippen molar-refractivity contribution in [3.63, 3.8) is 0 Å². The van der Waals surface area contributed by atoms with Crippen LogP contribution in [0.4, 0.5) is 23.1 Å². The van der Waals surface area contributed by atoms with Crippen LogP contribution in [0.3, 0.4) is 0 Å². The SMILES string of the molecule is Clc1ccc(Nc2nccc(Nc3ccc(Br)cc3)n2)cc1. The molecule has 0 atom stereocenters. The highest BCUT2D eigenvalue weighted by molar-refractivity contribution is 9.10. The molecule has 3 rings (SSSR count). The largest absolute Gasteiger partial charge is 0.340 e. The van der Waals surface area contributed by atoms with Gasteiger partial charge in [0.05, 0.1) is 0 Å². The lowest BCUT2D eigenvalue weighted by molar-refractivity contribution is 1.17. The maximum Gasteiger partial charge on any atom is 0.229 e. The second-order valence-electron chi connectivity index (χ2n) is 4.53. The molecule has 0 unspecified atom stereocenters. The normalized spacial score (nSPS) is 10.3. The number of anilines is 4. The Morgan fingerprint density at radius 1 is 0.818 bits per heavy atom. The van der Waals surface area contributed by atoms with E-state index in [-0.39, 0.29) is 0 Å². The number of benzene rings is 2. The lowest BCUT2D eigenvalue weighted by Gasteiger charge is -2.08. The van der Waals surface area contributed by atoms with Gasteiger partial charge in [0, 0.05) is 27.1 Å². The van der Waals surface area contributed by atoms with Crippen molar-refractivity contribution in [2.75, 3.05) is 10.6 Å². The zero-order chi connectivity index (χ0) is 15.4. The molecule has 0 fully saturated rings. The topological polar surface area (TPSA) is 49.8 Å². The Hall–Kier alpha value is -2.11. The first-order valence-electron chi connectivity index (χ1n) is 6.57. The molecule has 0 saturated heterocycles. The average molecular weight is 376 g/mol. The molecule has 0 aliphatic rings. The summed E-state index contributed by atoms with van der Waals surface area (Å²) in [4.78, 5) is 8.64. The van der Waals surface area contributed by atoms with Gasteiger partial charge in [-0.05, 0) is 54.6 Å². The standard InChI is InChI=1S/C16H12BrClN4/c17-11-1-5-13(6-2-11)20-15-9-10-19-16(22-15)21-14-7-3-12(18)4-8-14/h1-10H,(H2,19,20,21,22). The van der Waals surface area contributed by atoms with Gasteiger partial charge < -0.3 is 10.6 Å². The van der Waals surface area contributed by atoms with Gasteiger partial charge in [0.1, 0.15) is 5.82 Å². The van der Waals surface area contributed by atoms with E-state index < -0.39 is 0 Å². The Morgan fingerprint density at radius 3 is 2.18 bits per heavy atom. The minimum atomic E-state index is 0.518. The van der Waals surface area contributed by atoms with E-state index >= 15 is 0 Å². The molecule has 3 aromatic rings. The lowest BCUT2D eigenvalue weighted by atomic mass is 10.3. The van der Waals surface area contributed by atoms with Crippen LogP contribution < -0.4 is 10.6 Å². The van der Waals surface area contributed by atoms with E-state index in [2.05, 4.69) is 36.5 Å². The first kappa shape index (κ1) is 14.8. The van der Waals surface area contributed by atoms with Gasteiger partial charge >= 0.3 is 0 Å². The van der Waals surface area contributed by atoms with Crippen LogP contribution in [0.5, 0.6) is 0 Å². The summed E-state index contributed by atoms with van der Waals surface area (Å²) >= 11 is 9.28. The molecule has 4 nitrogen and oxygen atoms in total. The molecule has 1 aromatic heterocycles. The van der Waals surface area contributed by atoms with Gasteiger partial charge in [0.2, 0.25) is 5.95 Å². The fourth-order valence-corrected chi connectivity index (χ4v) is 2.22. The quantitative estimate of drug-likeness (QED) is 0.643. The third kappa shape index (κ3) is 3.96. The van der Waals surface area contributed by atoms with Crippen LogP contribution in [-0.2, 0) is 0 Å². The van der Waals surface area contributed by atoms with E-state index in [1.165, 1.54) is 0 Å². The van der Waals surface area contributed by atoms with Crippen molar-refractivity contribution in [2.24, 2.45) is 0 Å². The molecule has 2 N–H and O–H groups in total. The molecule has 0 aliphatic heterocycles. The fraction of sp³-hybridized carbons (Fsp3) is 0. The average Bonchev–Trinajstić information content (AvgIpc) is 2.52. The second-order valence-corrected chi connectivity index (χ2v) is 5.88. The van der Waals surface area contributed by atoms with Gasteiger partial charge in [0.15, 0.2) is 0 Å². The number of nitrogens with zero attached hydrogens (tertiary/aromatic N) is 2. The summed E-state index contributed by atoms with van der Waals surface area (Å²) in [6.07, 6.45) is 1.70. The van der Waals surface area contributed by atoms with E-state index in [1.54, 1.807) is 6.20 Å². The minimum absolute atomic E-state index is 0.518. The van der Waals surface area contributed by atoms with Gasteiger partial charge in [-0.2, -0.15) is 4.98 Å². The zero-order valence-corrected chi connectivity index (χ0v) is 13.8. The minimum Gasteiger partial charge on any atom is -0.340 e. The Morgan fingerprint density at radius 2 is 1.45 bits per heavy atom. The molecule has 2 aromatic carbocycles. The summed E-state index contributed by atoms with van der Waals surface area (Å²) in [5, 5.41) is 7.06. The Balaban J connectivity index is 1.74. The summed E-state index contributed by atoms with van der Waals surface area (Å²) < 4.78 is 1.03. The van der Waals surface area contributed by atoms with Crippen molar-refractivity contribution in [2.45, 2.75) is 0 Å². The predicted molar refractivity (Wildman–Crippen MR) is 94.2 cm³/mol. The molecule has 1 heterocycles. The first-order valence-corrected chi connectivity index (χ1v) is 7.74. The number of aromatic nitrogens is 2. The summed E-state index contributed by atoms with van der Waals surface area (Å²) in [5.74, 6) is 1.23. The van der Waals surface area contributed by atoms with Crippen LogP contribution >= 0.6 is 27.5 Å². The van der Waals surface area contributed by atoms with E-state index in [0.717, 1.165) is 15.8 Å². The number of rotatable bonds is 4. The van der Waals surface area contributed by atoms with Crippen molar-refractivity contribution in [1.29, 1.82) is 0 Å². The third-order valence-electron chi connectivity index (χ3n) is 2.87. The van der Waals surface area contributed by atoms with Gasteiger partial charge in [-0.3, -0.25) is 0 Å². The lowest BCUT2D eigenvalue weighted by Crippen LogP contribution is -2.00. The van der Waals surface area contributed by atoms with E-state index in [0.29, 0.717) is 16.8 Å². The maximum atomic E-state index is 5.87. The molecular formula is C16H12BrClN4. The zero-order valence-electron chi connectivity index (χ0n) is 11.4. The van der Waals surface area contributed by atoms with Crippen LogP contribution in [0.1, 0.15) is 0 Å². The highest BCUT2D eigenvalue weighted by Gasteiger charge is 2.01. The van der Waals surface area contributed by atoms with E-state index in [9.17, 15) is 0 Å². The monoisotopic (exact) mass is 374 g/mol. The van der Waals surface area contributed by atoms with E-state index in [4.69, 9.17) is 11.6 Å². The Kier molecular flexibility index (Phi) is 4.56. The van der Waals surface area contributed by atoms with E-state index in [1.807, 2.05) is 54.6 Å². The third-order valence-corrected chi connectivity index (χ3v) is 3.65. The first-order chi connectivity index (χ1) is 10.7. The number of nitrogens with one attached hydrogen (secondary N) is 2. The Labute approximate surface area is 141 Å². The summed E-state index contributed by atoms with van der Waals surface area (Å²) in [6, 6.07) is 17.1. The molecule has 0 aliphatic carbocycles.